The number of alkyl halides is 2. The summed E-state index contributed by atoms with van der Waals surface area (Å²) >= 11 is 0. The Morgan fingerprint density at radius 2 is 2.13 bits per heavy atom. The van der Waals surface area contributed by atoms with Crippen molar-refractivity contribution >= 4 is 5.91 Å². The zero-order chi connectivity index (χ0) is 21.4. The Bertz CT molecular complexity index is 777. The van der Waals surface area contributed by atoms with Gasteiger partial charge in [0.1, 0.15) is 5.75 Å². The molecule has 3 heterocycles. The van der Waals surface area contributed by atoms with Crippen molar-refractivity contribution in [3.8, 4) is 5.75 Å². The number of benzene rings is 1. The first-order chi connectivity index (χ1) is 14.3. The average Bonchev–Trinajstić information content (AvgIpc) is 3.09. The molecule has 8 heteroatoms. The first-order valence-electron chi connectivity index (χ1n) is 10.8. The van der Waals surface area contributed by atoms with Crippen molar-refractivity contribution in [2.24, 2.45) is 11.3 Å². The zero-order valence-corrected chi connectivity index (χ0v) is 17.8. The SMILES string of the molecule is COc1cccc(CN2CCCC3(CN(CC4CNNC4C)CC(F)(F)C3)C2=O)c1. The van der Waals surface area contributed by atoms with E-state index in [-0.39, 0.29) is 30.8 Å². The quantitative estimate of drug-likeness (QED) is 0.763. The van der Waals surface area contributed by atoms with E-state index >= 15 is 0 Å². The number of hydrogen-bond donors (Lipinski definition) is 2. The van der Waals surface area contributed by atoms with Crippen LogP contribution in [0.1, 0.15) is 31.7 Å². The molecule has 3 fully saturated rings. The number of hydrazine groups is 1. The second kappa shape index (κ2) is 8.40. The van der Waals surface area contributed by atoms with Crippen LogP contribution in [0, 0.1) is 11.3 Å². The number of piperidine rings is 2. The summed E-state index contributed by atoms with van der Waals surface area (Å²) in [6.07, 6.45) is 0.937. The van der Waals surface area contributed by atoms with E-state index in [4.69, 9.17) is 4.74 Å². The summed E-state index contributed by atoms with van der Waals surface area (Å²) in [4.78, 5) is 17.1. The van der Waals surface area contributed by atoms with Crippen molar-refractivity contribution in [3.05, 3.63) is 29.8 Å². The summed E-state index contributed by atoms with van der Waals surface area (Å²) in [6.45, 7) is 4.58. The Hall–Kier alpha value is -1.77. The molecule has 0 aromatic heterocycles. The zero-order valence-electron chi connectivity index (χ0n) is 17.8. The molecule has 1 amide bonds. The summed E-state index contributed by atoms with van der Waals surface area (Å²) in [6, 6.07) is 7.82. The topological polar surface area (TPSA) is 56.8 Å². The third-order valence-electron chi connectivity index (χ3n) is 6.80. The van der Waals surface area contributed by atoms with Crippen LogP contribution < -0.4 is 15.6 Å². The van der Waals surface area contributed by atoms with Gasteiger partial charge in [0.15, 0.2) is 0 Å². The Morgan fingerprint density at radius 3 is 2.87 bits per heavy atom. The minimum atomic E-state index is -2.85. The van der Waals surface area contributed by atoms with E-state index in [1.165, 1.54) is 0 Å². The minimum absolute atomic E-state index is 0.128. The first-order valence-corrected chi connectivity index (χ1v) is 10.8. The molecule has 0 aliphatic carbocycles. The molecule has 3 aliphatic rings. The van der Waals surface area contributed by atoms with Crippen LogP contribution in [0.4, 0.5) is 8.78 Å². The molecule has 30 heavy (non-hydrogen) atoms. The van der Waals surface area contributed by atoms with Crippen LogP contribution in [0.5, 0.6) is 5.75 Å². The van der Waals surface area contributed by atoms with Crippen molar-refractivity contribution < 1.29 is 18.3 Å². The molecule has 0 saturated carbocycles. The van der Waals surface area contributed by atoms with Crippen molar-refractivity contribution in [3.63, 3.8) is 0 Å². The molecule has 1 aromatic rings. The van der Waals surface area contributed by atoms with Gasteiger partial charge in [-0.05, 0) is 37.5 Å². The highest BCUT2D eigenvalue weighted by atomic mass is 19.3. The van der Waals surface area contributed by atoms with Gasteiger partial charge in [0.05, 0.1) is 19.1 Å². The number of ether oxygens (including phenoxy) is 1. The average molecular weight is 423 g/mol. The van der Waals surface area contributed by atoms with Gasteiger partial charge in [-0.1, -0.05) is 12.1 Å². The lowest BCUT2D eigenvalue weighted by atomic mass is 9.71. The van der Waals surface area contributed by atoms with Crippen LogP contribution in [0.3, 0.4) is 0 Å². The van der Waals surface area contributed by atoms with E-state index in [1.54, 1.807) is 12.0 Å². The van der Waals surface area contributed by atoms with Gasteiger partial charge in [-0.25, -0.2) is 8.78 Å². The second-order valence-corrected chi connectivity index (χ2v) is 9.24. The number of nitrogens with zero attached hydrogens (tertiary/aromatic N) is 2. The van der Waals surface area contributed by atoms with Gasteiger partial charge in [0.25, 0.3) is 5.92 Å². The van der Waals surface area contributed by atoms with Crippen LogP contribution >= 0.6 is 0 Å². The van der Waals surface area contributed by atoms with Crippen molar-refractivity contribution in [2.75, 3.05) is 39.8 Å². The predicted molar refractivity (Wildman–Crippen MR) is 110 cm³/mol. The summed E-state index contributed by atoms with van der Waals surface area (Å²) in [7, 11) is 1.61. The number of amides is 1. The van der Waals surface area contributed by atoms with Crippen LogP contribution in [0.15, 0.2) is 24.3 Å². The molecule has 3 aliphatic heterocycles. The summed E-state index contributed by atoms with van der Waals surface area (Å²) < 4.78 is 34.9. The molecule has 166 valence electrons. The highest BCUT2D eigenvalue weighted by Crippen LogP contribution is 2.45. The second-order valence-electron chi connectivity index (χ2n) is 9.24. The number of nitrogens with one attached hydrogen (secondary N) is 2. The number of carbonyl (C=O) groups is 1. The fourth-order valence-corrected chi connectivity index (χ4v) is 5.35. The molecule has 0 bridgehead atoms. The standard InChI is InChI=1S/C22H32F2N4O2/c1-16-18(10-25-26-16)12-27-14-21(13-22(23,24)15-27)7-4-8-28(20(21)29)11-17-5-3-6-19(9-17)30-2/h3,5-6,9,16,18,25-26H,4,7-8,10-15H2,1-2H3. The maximum atomic E-state index is 14.8. The summed E-state index contributed by atoms with van der Waals surface area (Å²) in [5, 5.41) is 0. The van der Waals surface area contributed by atoms with Gasteiger partial charge < -0.3 is 9.64 Å². The fraction of sp³-hybridized carbons (Fsp3) is 0.682. The molecule has 1 aromatic carbocycles. The van der Waals surface area contributed by atoms with Crippen molar-refractivity contribution in [2.45, 2.75) is 44.7 Å². The smallest absolute Gasteiger partial charge is 0.261 e. The predicted octanol–water partition coefficient (Wildman–Crippen LogP) is 2.26. The Morgan fingerprint density at radius 1 is 1.30 bits per heavy atom. The van der Waals surface area contributed by atoms with Gasteiger partial charge in [-0.3, -0.25) is 20.5 Å². The van der Waals surface area contributed by atoms with Crippen molar-refractivity contribution in [1.82, 2.24) is 20.7 Å². The molecular weight excluding hydrogens is 390 g/mol. The van der Waals surface area contributed by atoms with Crippen LogP contribution in [0.2, 0.25) is 0 Å². The lowest BCUT2D eigenvalue weighted by Gasteiger charge is -2.50. The largest absolute Gasteiger partial charge is 0.497 e. The number of methoxy groups -OCH3 is 1. The molecule has 3 atom stereocenters. The monoisotopic (exact) mass is 422 g/mol. The first kappa shape index (κ1) is 21.5. The van der Waals surface area contributed by atoms with Gasteiger partial charge in [0, 0.05) is 51.1 Å². The van der Waals surface area contributed by atoms with Gasteiger partial charge in [-0.2, -0.15) is 0 Å². The minimum Gasteiger partial charge on any atom is -0.497 e. The number of halogens is 2. The molecule has 3 saturated heterocycles. The number of likely N-dealkylation sites (tertiary alicyclic amines) is 2. The third-order valence-corrected chi connectivity index (χ3v) is 6.80. The molecule has 1 spiro atoms. The van der Waals surface area contributed by atoms with Crippen molar-refractivity contribution in [1.29, 1.82) is 0 Å². The van der Waals surface area contributed by atoms with Gasteiger partial charge in [-0.15, -0.1) is 0 Å². The molecule has 0 radical (unpaired) electrons. The maximum Gasteiger partial charge on any atom is 0.261 e. The number of carbonyl (C=O) groups excluding carboxylic acids is 1. The molecule has 6 nitrogen and oxygen atoms in total. The fourth-order valence-electron chi connectivity index (χ4n) is 5.35. The number of rotatable bonds is 5. The Labute approximate surface area is 176 Å². The summed E-state index contributed by atoms with van der Waals surface area (Å²) in [5.41, 5.74) is 6.22. The van der Waals surface area contributed by atoms with E-state index in [0.717, 1.165) is 24.3 Å². The van der Waals surface area contributed by atoms with E-state index in [2.05, 4.69) is 17.8 Å². The van der Waals surface area contributed by atoms with Crippen LogP contribution in [-0.2, 0) is 11.3 Å². The highest BCUT2D eigenvalue weighted by molar-refractivity contribution is 5.84. The van der Waals surface area contributed by atoms with E-state index in [1.807, 2.05) is 29.2 Å². The Kier molecular flexibility index (Phi) is 6.01. The normalized spacial score (nSPS) is 32.0. The van der Waals surface area contributed by atoms with Crippen LogP contribution in [-0.4, -0.2) is 67.5 Å². The molecule has 3 unspecified atom stereocenters. The van der Waals surface area contributed by atoms with E-state index in [0.29, 0.717) is 32.6 Å². The third kappa shape index (κ3) is 4.45. The summed E-state index contributed by atoms with van der Waals surface area (Å²) in [5.74, 6) is -2.00. The van der Waals surface area contributed by atoms with Crippen LogP contribution in [0.25, 0.3) is 0 Å². The number of hydrogen-bond acceptors (Lipinski definition) is 5. The highest BCUT2D eigenvalue weighted by Gasteiger charge is 2.55. The molecule has 2 N–H and O–H groups in total. The molecular formula is C22H32F2N4O2. The molecule has 4 rings (SSSR count). The van der Waals surface area contributed by atoms with E-state index < -0.39 is 11.3 Å². The van der Waals surface area contributed by atoms with Gasteiger partial charge in [0.2, 0.25) is 5.91 Å². The maximum absolute atomic E-state index is 14.8. The lowest BCUT2D eigenvalue weighted by molar-refractivity contribution is -0.170. The van der Waals surface area contributed by atoms with E-state index in [9.17, 15) is 13.6 Å². The lowest BCUT2D eigenvalue weighted by Crippen LogP contribution is -2.61. The Balaban J connectivity index is 1.51. The van der Waals surface area contributed by atoms with Gasteiger partial charge >= 0.3 is 0 Å².